The number of allylic oxidation sites excluding steroid dienone is 2. The van der Waals surface area contributed by atoms with Gasteiger partial charge < -0.3 is 34.9 Å². The molecule has 0 fully saturated rings. The normalized spacial score (nSPS) is 9.88. The van der Waals surface area contributed by atoms with Gasteiger partial charge in [-0.15, -0.1) is 13.2 Å². The van der Waals surface area contributed by atoms with E-state index in [-0.39, 0.29) is 6.03 Å². The van der Waals surface area contributed by atoms with Crippen LogP contribution in [0.15, 0.2) is 92.2 Å². The van der Waals surface area contributed by atoms with Gasteiger partial charge in [0, 0.05) is 54.9 Å². The minimum absolute atomic E-state index is 0.349. The molecule has 280 valence electrons. The summed E-state index contributed by atoms with van der Waals surface area (Å²) in [6.07, 6.45) is 7.10. The van der Waals surface area contributed by atoms with Crippen LogP contribution in [0.5, 0.6) is 23.0 Å². The van der Waals surface area contributed by atoms with Gasteiger partial charge in [-0.1, -0.05) is 46.8 Å². The van der Waals surface area contributed by atoms with Crippen LogP contribution < -0.4 is 30.2 Å². The molecule has 10 nitrogen and oxygen atoms in total. The first-order chi connectivity index (χ1) is 24.7. The highest BCUT2D eigenvalue weighted by molar-refractivity contribution is 6.00. The number of urea groups is 1. The summed E-state index contributed by atoms with van der Waals surface area (Å²) in [4.78, 5) is 26.2. The predicted octanol–water partition coefficient (Wildman–Crippen LogP) is 11.1. The number of aldehydes is 1. The van der Waals surface area contributed by atoms with Gasteiger partial charge in [-0.3, -0.25) is 9.78 Å². The van der Waals surface area contributed by atoms with E-state index in [9.17, 15) is 9.59 Å². The largest absolute Gasteiger partial charge is 0.493 e. The van der Waals surface area contributed by atoms with Crippen molar-refractivity contribution in [3.8, 4) is 23.0 Å². The first-order valence-electron chi connectivity index (χ1n) is 17.0. The number of aryl methyl sites for hydroxylation is 1. The molecule has 0 aliphatic rings. The predicted molar refractivity (Wildman–Crippen MR) is 216 cm³/mol. The van der Waals surface area contributed by atoms with Crippen LogP contribution in [0.1, 0.15) is 60.5 Å². The van der Waals surface area contributed by atoms with Crippen LogP contribution >= 0.6 is 0 Å². The van der Waals surface area contributed by atoms with Crippen LogP contribution in [0.25, 0.3) is 10.9 Å². The summed E-state index contributed by atoms with van der Waals surface area (Å²) in [6, 6.07) is 18.0. The van der Waals surface area contributed by atoms with E-state index in [1.165, 1.54) is 6.08 Å². The first-order valence-corrected chi connectivity index (χ1v) is 17.0. The van der Waals surface area contributed by atoms with Crippen LogP contribution in [0.3, 0.4) is 0 Å². The number of carbonyl (C=O) groups is 2. The minimum Gasteiger partial charge on any atom is -0.493 e. The summed E-state index contributed by atoms with van der Waals surface area (Å²) >= 11 is 0. The summed E-state index contributed by atoms with van der Waals surface area (Å²) in [6.45, 7) is 21.9. The Bertz CT molecular complexity index is 1550. The van der Waals surface area contributed by atoms with Crippen molar-refractivity contribution in [2.45, 2.75) is 67.9 Å². The zero-order valence-corrected chi connectivity index (χ0v) is 32.7. The Hall–Kier alpha value is -5.35. The Balaban J connectivity index is 0. The molecule has 4 aromatic rings. The Kier molecular flexibility index (Phi) is 27.7. The van der Waals surface area contributed by atoms with Crippen LogP contribution in [-0.4, -0.2) is 51.8 Å². The highest BCUT2D eigenvalue weighted by atomic mass is 16.5. The van der Waals surface area contributed by atoms with Crippen LogP contribution in [0.4, 0.5) is 21.9 Å². The number of nitrogens with one attached hydrogen (secondary N) is 3. The number of hydrogen-bond acceptors (Lipinski definition) is 8. The van der Waals surface area contributed by atoms with E-state index in [1.54, 1.807) is 58.7 Å². The summed E-state index contributed by atoms with van der Waals surface area (Å²) in [7, 11) is 6.74. The van der Waals surface area contributed by atoms with Gasteiger partial charge >= 0.3 is 6.03 Å². The minimum atomic E-state index is -0.349. The molecule has 3 N–H and O–H groups in total. The third-order valence-electron chi connectivity index (χ3n) is 6.55. The van der Waals surface area contributed by atoms with E-state index in [2.05, 4.69) is 47.9 Å². The number of anilines is 3. The average Bonchev–Trinajstić information content (AvgIpc) is 3.18. The molecule has 0 spiro atoms. The Morgan fingerprint density at radius 3 is 1.84 bits per heavy atom. The third-order valence-corrected chi connectivity index (χ3v) is 6.55. The number of amides is 2. The lowest BCUT2D eigenvalue weighted by Crippen LogP contribution is -2.19. The molecule has 2 amide bonds. The maximum Gasteiger partial charge on any atom is 0.323 e. The number of methoxy groups -OCH3 is 3. The summed E-state index contributed by atoms with van der Waals surface area (Å²) in [5.41, 5.74) is 3.88. The molecule has 1 atom stereocenters. The summed E-state index contributed by atoms with van der Waals surface area (Å²) in [5, 5.41) is 9.49. The number of rotatable bonds is 10. The smallest absolute Gasteiger partial charge is 0.323 e. The molecule has 0 saturated carbocycles. The molecule has 0 radical (unpaired) electrons. The lowest BCUT2D eigenvalue weighted by atomic mass is 10.1. The molecule has 51 heavy (non-hydrogen) atoms. The van der Waals surface area contributed by atoms with E-state index >= 15 is 0 Å². The van der Waals surface area contributed by atoms with E-state index in [4.69, 9.17) is 18.9 Å². The van der Waals surface area contributed by atoms with E-state index < -0.39 is 0 Å². The Morgan fingerprint density at radius 1 is 0.824 bits per heavy atom. The number of hydrogen-bond donors (Lipinski definition) is 3. The second-order valence-corrected chi connectivity index (χ2v) is 9.64. The lowest BCUT2D eigenvalue weighted by Gasteiger charge is -2.15. The van der Waals surface area contributed by atoms with Crippen LogP contribution in [-0.2, 0) is 9.53 Å². The number of ether oxygens (including phenoxy) is 4. The molecule has 10 heteroatoms. The maximum atomic E-state index is 12.5. The molecule has 4 rings (SSSR count). The molecule has 0 aliphatic heterocycles. The van der Waals surface area contributed by atoms with Gasteiger partial charge in [0.25, 0.3) is 0 Å². The van der Waals surface area contributed by atoms with E-state index in [0.29, 0.717) is 46.0 Å². The van der Waals surface area contributed by atoms with Gasteiger partial charge in [0.1, 0.15) is 17.8 Å². The number of aromatic nitrogens is 1. The van der Waals surface area contributed by atoms with Crippen molar-refractivity contribution >= 4 is 40.3 Å². The average molecular weight is 705 g/mol. The molecule has 1 heterocycles. The standard InChI is InChI=1S/C26H26N4O4.C5H12O.C4H6O.2C2H6.C2H4/c1-16-5-6-19(30-26(31)29-18-9-7-17(27-2)8-10-18)13-23(16)34-22-11-12-28-21-15-25(33-4)24(32-3)14-20(21)22;1-4-5(2)6-3;1-2-3-4-5;3*1-2/h5-15,27H,1-4H3,(H2,29,30,31);5H,4H2,1-3H3;2-4H,1H3;2*1-2H3;1-2H2/b;;3-2+;;;. The summed E-state index contributed by atoms with van der Waals surface area (Å²) in [5.74, 6) is 2.40. The second-order valence-electron chi connectivity index (χ2n) is 9.64. The molecule has 3 aromatic carbocycles. The fourth-order valence-electron chi connectivity index (χ4n) is 3.70. The molecular formula is C41H60N4O6. The molecular weight excluding hydrogens is 644 g/mol. The monoisotopic (exact) mass is 704 g/mol. The fraction of sp³-hybridized carbons (Fsp3) is 0.341. The van der Waals surface area contributed by atoms with Gasteiger partial charge in [0.15, 0.2) is 11.5 Å². The maximum absolute atomic E-state index is 12.5. The Morgan fingerprint density at radius 2 is 1.37 bits per heavy atom. The highest BCUT2D eigenvalue weighted by Gasteiger charge is 2.13. The zero-order valence-electron chi connectivity index (χ0n) is 32.7. The fourth-order valence-corrected chi connectivity index (χ4v) is 3.70. The van der Waals surface area contributed by atoms with Gasteiger partial charge in [-0.2, -0.15) is 0 Å². The number of pyridine rings is 1. The first kappa shape index (κ1) is 47.8. The number of carbonyl (C=O) groups excluding carboxylic acids is 2. The number of fused-ring (bicyclic) bond motifs is 1. The number of benzene rings is 3. The SMILES string of the molecule is C/C=C/C=O.C=C.CC.CC.CCC(C)OC.CNc1ccc(NC(=O)Nc2ccc(C)c(Oc3ccnc4cc(OC)c(OC)cc34)c2)cc1. The Labute approximate surface area is 306 Å². The lowest BCUT2D eigenvalue weighted by molar-refractivity contribution is -0.104. The van der Waals surface area contributed by atoms with Crippen molar-refractivity contribution < 1.29 is 28.5 Å². The molecule has 1 unspecified atom stereocenters. The van der Waals surface area contributed by atoms with Crippen molar-refractivity contribution in [1.29, 1.82) is 0 Å². The third kappa shape index (κ3) is 17.7. The van der Waals surface area contributed by atoms with Crippen molar-refractivity contribution in [1.82, 2.24) is 4.98 Å². The van der Waals surface area contributed by atoms with Crippen molar-refractivity contribution in [3.05, 3.63) is 97.7 Å². The van der Waals surface area contributed by atoms with Gasteiger partial charge in [0.2, 0.25) is 0 Å². The van der Waals surface area contributed by atoms with Gasteiger partial charge in [-0.25, -0.2) is 4.79 Å². The molecule has 0 aliphatic carbocycles. The van der Waals surface area contributed by atoms with Crippen molar-refractivity contribution in [2.75, 3.05) is 44.3 Å². The van der Waals surface area contributed by atoms with Crippen molar-refractivity contribution in [2.24, 2.45) is 0 Å². The zero-order chi connectivity index (χ0) is 39.2. The second kappa shape index (κ2) is 29.6. The van der Waals surface area contributed by atoms with Crippen LogP contribution in [0.2, 0.25) is 0 Å². The highest BCUT2D eigenvalue weighted by Crippen LogP contribution is 2.38. The van der Waals surface area contributed by atoms with Crippen LogP contribution in [0, 0.1) is 6.92 Å². The topological polar surface area (TPSA) is 120 Å². The van der Waals surface area contributed by atoms with E-state index in [0.717, 1.165) is 29.3 Å². The quantitative estimate of drug-likeness (QED) is 0.0847. The van der Waals surface area contributed by atoms with Gasteiger partial charge in [-0.05, 0) is 81.3 Å². The van der Waals surface area contributed by atoms with Crippen molar-refractivity contribution in [3.63, 3.8) is 0 Å². The molecule has 0 bridgehead atoms. The number of nitrogens with zero attached hydrogens (tertiary/aromatic N) is 1. The summed E-state index contributed by atoms with van der Waals surface area (Å²) < 4.78 is 22.0. The van der Waals surface area contributed by atoms with Gasteiger partial charge in [0.05, 0.1) is 25.8 Å². The molecule has 0 saturated heterocycles. The van der Waals surface area contributed by atoms with E-state index in [1.807, 2.05) is 84.1 Å². The molecule has 1 aromatic heterocycles.